The van der Waals surface area contributed by atoms with Gasteiger partial charge in [-0.2, -0.15) is 0 Å². The van der Waals surface area contributed by atoms with Crippen molar-refractivity contribution in [1.29, 1.82) is 0 Å². The lowest BCUT2D eigenvalue weighted by molar-refractivity contribution is 0.0769. The summed E-state index contributed by atoms with van der Waals surface area (Å²) in [6.45, 7) is 1.16. The summed E-state index contributed by atoms with van der Waals surface area (Å²) >= 11 is 0. The number of pyridine rings is 1. The molecular weight excluding hydrogens is 284 g/mol. The maximum Gasteiger partial charge on any atom is 0.316 e. The van der Waals surface area contributed by atoms with Crippen LogP contribution in [0.4, 0.5) is 0 Å². The molecule has 1 amide bonds. The minimum atomic E-state index is -0.0856. The zero-order chi connectivity index (χ0) is 15.4. The Balaban J connectivity index is 1.60. The van der Waals surface area contributed by atoms with Crippen LogP contribution in [0.2, 0.25) is 0 Å². The molecule has 0 N–H and O–H groups in total. The van der Waals surface area contributed by atoms with Crippen LogP contribution in [0.25, 0.3) is 0 Å². The lowest BCUT2D eigenvalue weighted by atomic mass is 10.2. The topological polar surface area (TPSA) is 77.4 Å². The molecule has 0 aromatic carbocycles. The predicted molar refractivity (Wildman–Crippen MR) is 77.8 cm³/mol. The number of nitrogens with zero attached hydrogens (tertiary/aromatic N) is 4. The molecule has 0 aliphatic carbocycles. The van der Waals surface area contributed by atoms with Crippen LogP contribution in [-0.2, 0) is 0 Å². The van der Waals surface area contributed by atoms with E-state index in [9.17, 15) is 4.79 Å². The molecule has 7 heteroatoms. The highest BCUT2D eigenvalue weighted by Gasteiger charge is 2.28. The summed E-state index contributed by atoms with van der Waals surface area (Å²) < 4.78 is 10.7. The van der Waals surface area contributed by atoms with Crippen LogP contribution in [0.3, 0.4) is 0 Å². The Bertz CT molecular complexity index is 633. The molecule has 0 radical (unpaired) electrons. The summed E-state index contributed by atoms with van der Waals surface area (Å²) in [6, 6.07) is 5.46. The number of amides is 1. The van der Waals surface area contributed by atoms with E-state index in [-0.39, 0.29) is 12.0 Å². The number of hydrogen-bond acceptors (Lipinski definition) is 6. The zero-order valence-electron chi connectivity index (χ0n) is 12.2. The summed E-state index contributed by atoms with van der Waals surface area (Å²) in [7, 11) is 1.54. The van der Waals surface area contributed by atoms with E-state index in [0.717, 1.165) is 6.42 Å². The van der Waals surface area contributed by atoms with Gasteiger partial charge in [0.2, 0.25) is 5.88 Å². The van der Waals surface area contributed by atoms with E-state index in [1.54, 1.807) is 35.5 Å². The fourth-order valence-corrected chi connectivity index (χ4v) is 2.31. The van der Waals surface area contributed by atoms with E-state index >= 15 is 0 Å². The van der Waals surface area contributed by atoms with Crippen molar-refractivity contribution in [2.45, 2.75) is 12.5 Å². The average Bonchev–Trinajstić information content (AvgIpc) is 3.04. The maximum absolute atomic E-state index is 12.4. The van der Waals surface area contributed by atoms with Crippen LogP contribution in [0.15, 0.2) is 36.8 Å². The van der Waals surface area contributed by atoms with Gasteiger partial charge in [0, 0.05) is 37.6 Å². The molecule has 7 nitrogen and oxygen atoms in total. The van der Waals surface area contributed by atoms with E-state index in [2.05, 4.69) is 15.0 Å². The van der Waals surface area contributed by atoms with Crippen LogP contribution >= 0.6 is 0 Å². The van der Waals surface area contributed by atoms with Crippen LogP contribution in [0.5, 0.6) is 11.9 Å². The second-order valence-corrected chi connectivity index (χ2v) is 4.90. The van der Waals surface area contributed by atoms with Crippen LogP contribution in [-0.4, -0.2) is 52.1 Å². The quantitative estimate of drug-likeness (QED) is 0.843. The van der Waals surface area contributed by atoms with Gasteiger partial charge in [-0.1, -0.05) is 0 Å². The molecule has 0 saturated carbocycles. The average molecular weight is 300 g/mol. The summed E-state index contributed by atoms with van der Waals surface area (Å²) in [5.41, 5.74) is 0.539. The molecule has 3 rings (SSSR count). The van der Waals surface area contributed by atoms with Gasteiger partial charge in [0.15, 0.2) is 0 Å². The van der Waals surface area contributed by atoms with Gasteiger partial charge in [-0.15, -0.1) is 0 Å². The molecular formula is C15H16N4O3. The molecule has 1 aliphatic rings. The molecule has 0 unspecified atom stereocenters. The Kier molecular flexibility index (Phi) is 4.13. The third-order valence-corrected chi connectivity index (χ3v) is 3.44. The number of methoxy groups -OCH3 is 1. The second-order valence-electron chi connectivity index (χ2n) is 4.90. The van der Waals surface area contributed by atoms with Crippen molar-refractivity contribution in [3.05, 3.63) is 42.4 Å². The molecule has 22 heavy (non-hydrogen) atoms. The number of ether oxygens (including phenoxy) is 2. The van der Waals surface area contributed by atoms with Crippen molar-refractivity contribution < 1.29 is 14.3 Å². The molecule has 0 bridgehead atoms. The SMILES string of the molecule is COc1ccc(C(=O)N2CC[C@@H](Oc3ncccn3)C2)cn1. The molecule has 0 spiro atoms. The Morgan fingerprint density at radius 1 is 1.27 bits per heavy atom. The standard InChI is InChI=1S/C15H16N4O3/c1-21-13-4-3-11(9-18-13)14(20)19-8-5-12(10-19)22-15-16-6-2-7-17-15/h2-4,6-7,9,12H,5,8,10H2,1H3/t12-/m1/s1. The van der Waals surface area contributed by atoms with Gasteiger partial charge in [-0.05, 0) is 12.1 Å². The minimum Gasteiger partial charge on any atom is -0.481 e. The van der Waals surface area contributed by atoms with Crippen molar-refractivity contribution in [3.63, 3.8) is 0 Å². The lowest BCUT2D eigenvalue weighted by Gasteiger charge is -2.16. The van der Waals surface area contributed by atoms with E-state index < -0.39 is 0 Å². The summed E-state index contributed by atoms with van der Waals surface area (Å²) in [6.07, 6.45) is 5.45. The van der Waals surface area contributed by atoms with Gasteiger partial charge in [0.05, 0.1) is 19.2 Å². The third kappa shape index (κ3) is 3.13. The monoisotopic (exact) mass is 300 g/mol. The molecule has 2 aromatic heterocycles. The van der Waals surface area contributed by atoms with E-state index in [0.29, 0.717) is 30.5 Å². The minimum absolute atomic E-state index is 0.0600. The van der Waals surface area contributed by atoms with Crippen molar-refractivity contribution in [1.82, 2.24) is 19.9 Å². The number of carbonyl (C=O) groups excluding carboxylic acids is 1. The summed E-state index contributed by atoms with van der Waals surface area (Å²) in [5, 5.41) is 0. The van der Waals surface area contributed by atoms with Crippen molar-refractivity contribution in [3.8, 4) is 11.9 Å². The van der Waals surface area contributed by atoms with E-state index in [4.69, 9.17) is 9.47 Å². The number of carbonyl (C=O) groups is 1. The fourth-order valence-electron chi connectivity index (χ4n) is 2.31. The highest BCUT2D eigenvalue weighted by Crippen LogP contribution is 2.17. The van der Waals surface area contributed by atoms with Crippen molar-refractivity contribution in [2.24, 2.45) is 0 Å². The number of aromatic nitrogens is 3. The summed E-state index contributed by atoms with van der Waals surface area (Å²) in [5.74, 6) is 0.427. The van der Waals surface area contributed by atoms with Crippen molar-refractivity contribution >= 4 is 5.91 Å². The maximum atomic E-state index is 12.4. The highest BCUT2D eigenvalue weighted by molar-refractivity contribution is 5.94. The van der Waals surface area contributed by atoms with Gasteiger partial charge in [-0.25, -0.2) is 15.0 Å². The van der Waals surface area contributed by atoms with E-state index in [1.165, 1.54) is 13.3 Å². The van der Waals surface area contributed by atoms with Gasteiger partial charge in [-0.3, -0.25) is 4.79 Å². The predicted octanol–water partition coefficient (Wildman–Crippen LogP) is 1.17. The summed E-state index contributed by atoms with van der Waals surface area (Å²) in [4.78, 5) is 26.3. The lowest BCUT2D eigenvalue weighted by Crippen LogP contribution is -2.31. The Morgan fingerprint density at radius 3 is 2.77 bits per heavy atom. The van der Waals surface area contributed by atoms with Gasteiger partial charge < -0.3 is 14.4 Å². The first-order valence-corrected chi connectivity index (χ1v) is 6.99. The highest BCUT2D eigenvalue weighted by atomic mass is 16.5. The van der Waals surface area contributed by atoms with Crippen LogP contribution in [0, 0.1) is 0 Å². The molecule has 114 valence electrons. The fraction of sp³-hybridized carbons (Fsp3) is 0.333. The molecule has 1 aliphatic heterocycles. The molecule has 1 fully saturated rings. The van der Waals surface area contributed by atoms with Gasteiger partial charge in [0.25, 0.3) is 5.91 Å². The van der Waals surface area contributed by atoms with E-state index in [1.807, 2.05) is 0 Å². The number of rotatable bonds is 4. The molecule has 2 aromatic rings. The Morgan fingerprint density at radius 2 is 2.09 bits per heavy atom. The Hall–Kier alpha value is -2.70. The molecule has 1 atom stereocenters. The van der Waals surface area contributed by atoms with Gasteiger partial charge >= 0.3 is 6.01 Å². The first-order valence-electron chi connectivity index (χ1n) is 6.99. The number of likely N-dealkylation sites (tertiary alicyclic amines) is 1. The number of hydrogen-bond donors (Lipinski definition) is 0. The third-order valence-electron chi connectivity index (χ3n) is 3.44. The zero-order valence-corrected chi connectivity index (χ0v) is 12.2. The second kappa shape index (κ2) is 6.38. The first-order chi connectivity index (χ1) is 10.8. The van der Waals surface area contributed by atoms with Crippen LogP contribution in [0.1, 0.15) is 16.8 Å². The van der Waals surface area contributed by atoms with Crippen molar-refractivity contribution in [2.75, 3.05) is 20.2 Å². The smallest absolute Gasteiger partial charge is 0.316 e. The first kappa shape index (κ1) is 14.2. The largest absolute Gasteiger partial charge is 0.481 e. The van der Waals surface area contributed by atoms with Crippen LogP contribution < -0.4 is 9.47 Å². The molecule has 1 saturated heterocycles. The van der Waals surface area contributed by atoms with Gasteiger partial charge in [0.1, 0.15) is 6.10 Å². The Labute approximate surface area is 127 Å². The normalized spacial score (nSPS) is 17.3. The molecule has 3 heterocycles.